The van der Waals surface area contributed by atoms with Gasteiger partial charge in [-0.25, -0.2) is 0 Å². The molecule has 0 N–H and O–H groups in total. The van der Waals surface area contributed by atoms with Crippen LogP contribution < -0.4 is 0 Å². The summed E-state index contributed by atoms with van der Waals surface area (Å²) in [6.45, 7) is 11.4. The van der Waals surface area contributed by atoms with Crippen LogP contribution in [-0.2, 0) is 6.42 Å². The Hall–Kier alpha value is -1.34. The standard InChI is InChI=1S/C20H29N/c1-5-16(2)11-13-21-14-12-17(3)18(4)20(21)15-19-9-7-6-8-10-19/h6-11,20H,5,12-15H2,1-4H3. The van der Waals surface area contributed by atoms with Crippen molar-refractivity contribution in [3.63, 3.8) is 0 Å². The molecule has 0 bridgehead atoms. The molecule has 1 aromatic carbocycles. The highest BCUT2D eigenvalue weighted by molar-refractivity contribution is 5.25. The highest BCUT2D eigenvalue weighted by atomic mass is 15.2. The first-order valence-corrected chi connectivity index (χ1v) is 8.21. The Labute approximate surface area is 130 Å². The van der Waals surface area contributed by atoms with Gasteiger partial charge in [0.25, 0.3) is 0 Å². The van der Waals surface area contributed by atoms with Crippen molar-refractivity contribution in [3.8, 4) is 0 Å². The van der Waals surface area contributed by atoms with Gasteiger partial charge in [-0.1, -0.05) is 60.1 Å². The van der Waals surface area contributed by atoms with Gasteiger partial charge >= 0.3 is 0 Å². The third kappa shape index (κ3) is 4.31. The normalized spacial score (nSPS) is 21.0. The number of benzene rings is 1. The van der Waals surface area contributed by atoms with Crippen LogP contribution in [0.5, 0.6) is 0 Å². The molecule has 114 valence electrons. The molecule has 0 saturated carbocycles. The zero-order valence-corrected chi connectivity index (χ0v) is 14.0. The van der Waals surface area contributed by atoms with Crippen molar-refractivity contribution < 1.29 is 0 Å². The molecule has 0 amide bonds. The lowest BCUT2D eigenvalue weighted by Crippen LogP contribution is -2.42. The van der Waals surface area contributed by atoms with Gasteiger partial charge in [0.2, 0.25) is 0 Å². The van der Waals surface area contributed by atoms with Gasteiger partial charge in [0.15, 0.2) is 0 Å². The number of rotatable bonds is 5. The lowest BCUT2D eigenvalue weighted by molar-refractivity contribution is 0.229. The van der Waals surface area contributed by atoms with E-state index in [-0.39, 0.29) is 0 Å². The van der Waals surface area contributed by atoms with Crippen molar-refractivity contribution in [2.45, 2.75) is 53.0 Å². The highest BCUT2D eigenvalue weighted by Gasteiger charge is 2.24. The van der Waals surface area contributed by atoms with Crippen LogP contribution in [0, 0.1) is 0 Å². The molecule has 0 aliphatic carbocycles. The van der Waals surface area contributed by atoms with Crippen molar-refractivity contribution in [2.75, 3.05) is 13.1 Å². The lowest BCUT2D eigenvalue weighted by atomic mass is 9.90. The number of hydrogen-bond acceptors (Lipinski definition) is 1. The Balaban J connectivity index is 2.15. The van der Waals surface area contributed by atoms with E-state index < -0.39 is 0 Å². The molecule has 1 atom stereocenters. The Morgan fingerprint density at radius 1 is 1.24 bits per heavy atom. The van der Waals surface area contributed by atoms with E-state index in [1.54, 1.807) is 11.1 Å². The molecule has 1 unspecified atom stereocenters. The van der Waals surface area contributed by atoms with E-state index in [0.717, 1.165) is 19.4 Å². The van der Waals surface area contributed by atoms with E-state index in [1.165, 1.54) is 24.1 Å². The minimum Gasteiger partial charge on any atom is -0.292 e. The van der Waals surface area contributed by atoms with Crippen LogP contribution in [0.4, 0.5) is 0 Å². The quantitative estimate of drug-likeness (QED) is 0.688. The van der Waals surface area contributed by atoms with Gasteiger partial charge in [-0.15, -0.1) is 0 Å². The molecule has 1 nitrogen and oxygen atoms in total. The summed E-state index contributed by atoms with van der Waals surface area (Å²) in [6, 6.07) is 11.5. The maximum Gasteiger partial charge on any atom is 0.0351 e. The molecule has 0 spiro atoms. The van der Waals surface area contributed by atoms with Crippen molar-refractivity contribution in [1.29, 1.82) is 0 Å². The molecular formula is C20H29N. The van der Waals surface area contributed by atoms with Crippen LogP contribution in [0.25, 0.3) is 0 Å². The van der Waals surface area contributed by atoms with Crippen LogP contribution >= 0.6 is 0 Å². The van der Waals surface area contributed by atoms with E-state index in [1.807, 2.05) is 0 Å². The maximum atomic E-state index is 2.65. The Morgan fingerprint density at radius 3 is 2.62 bits per heavy atom. The molecule has 1 heterocycles. The van der Waals surface area contributed by atoms with Crippen molar-refractivity contribution in [2.24, 2.45) is 0 Å². The Morgan fingerprint density at radius 2 is 1.95 bits per heavy atom. The van der Waals surface area contributed by atoms with Crippen molar-refractivity contribution >= 4 is 0 Å². The van der Waals surface area contributed by atoms with E-state index in [2.05, 4.69) is 69.0 Å². The molecule has 0 saturated heterocycles. The molecule has 1 aromatic rings. The third-order valence-corrected chi connectivity index (χ3v) is 4.89. The largest absolute Gasteiger partial charge is 0.292 e. The smallest absolute Gasteiger partial charge is 0.0351 e. The van der Waals surface area contributed by atoms with Gasteiger partial charge in [-0.05, 0) is 45.6 Å². The molecule has 0 radical (unpaired) electrons. The third-order valence-electron chi connectivity index (χ3n) is 4.89. The van der Waals surface area contributed by atoms with Crippen LogP contribution in [0.15, 0.2) is 53.1 Å². The fourth-order valence-electron chi connectivity index (χ4n) is 2.98. The second-order valence-electron chi connectivity index (χ2n) is 6.32. The zero-order valence-electron chi connectivity index (χ0n) is 14.0. The molecule has 2 rings (SSSR count). The van der Waals surface area contributed by atoms with Gasteiger partial charge in [0.05, 0.1) is 0 Å². The van der Waals surface area contributed by atoms with Crippen molar-refractivity contribution in [1.82, 2.24) is 4.90 Å². The van der Waals surface area contributed by atoms with Crippen LogP contribution in [0.3, 0.4) is 0 Å². The van der Waals surface area contributed by atoms with Gasteiger partial charge in [-0.2, -0.15) is 0 Å². The van der Waals surface area contributed by atoms with E-state index >= 15 is 0 Å². The molecule has 1 heteroatoms. The summed E-state index contributed by atoms with van der Waals surface area (Å²) in [5.41, 5.74) is 6.10. The van der Waals surface area contributed by atoms with E-state index in [4.69, 9.17) is 0 Å². The number of allylic oxidation sites excluding steroid dienone is 1. The SMILES string of the molecule is CCC(C)=CCN1CCC(C)=C(C)C1Cc1ccccc1. The minimum atomic E-state index is 0.557. The van der Waals surface area contributed by atoms with E-state index in [9.17, 15) is 0 Å². The molecule has 1 aliphatic heterocycles. The fraction of sp³-hybridized carbons (Fsp3) is 0.500. The summed E-state index contributed by atoms with van der Waals surface area (Å²) < 4.78 is 0. The Kier molecular flexibility index (Phi) is 5.81. The fourth-order valence-corrected chi connectivity index (χ4v) is 2.98. The molecule has 21 heavy (non-hydrogen) atoms. The minimum absolute atomic E-state index is 0.557. The predicted octanol–water partition coefficient (Wildman–Crippen LogP) is 5.00. The van der Waals surface area contributed by atoms with Gasteiger partial charge in [0, 0.05) is 19.1 Å². The van der Waals surface area contributed by atoms with Gasteiger partial charge < -0.3 is 0 Å². The summed E-state index contributed by atoms with van der Waals surface area (Å²) in [4.78, 5) is 2.65. The first-order valence-electron chi connectivity index (χ1n) is 8.21. The second-order valence-corrected chi connectivity index (χ2v) is 6.32. The summed E-state index contributed by atoms with van der Waals surface area (Å²) in [6.07, 6.45) is 5.91. The summed E-state index contributed by atoms with van der Waals surface area (Å²) >= 11 is 0. The molecule has 0 fully saturated rings. The number of hydrogen-bond donors (Lipinski definition) is 0. The average molecular weight is 283 g/mol. The lowest BCUT2D eigenvalue weighted by Gasteiger charge is -2.37. The maximum absolute atomic E-state index is 2.65. The molecule has 0 aromatic heterocycles. The molecule has 1 aliphatic rings. The summed E-state index contributed by atoms with van der Waals surface area (Å²) in [5, 5.41) is 0. The Bertz CT molecular complexity index is 510. The van der Waals surface area contributed by atoms with Crippen molar-refractivity contribution in [3.05, 3.63) is 58.7 Å². The van der Waals surface area contributed by atoms with E-state index in [0.29, 0.717) is 6.04 Å². The molecular weight excluding hydrogens is 254 g/mol. The first-order chi connectivity index (χ1) is 10.1. The first kappa shape index (κ1) is 16.0. The summed E-state index contributed by atoms with van der Waals surface area (Å²) in [7, 11) is 0. The van der Waals surface area contributed by atoms with Gasteiger partial charge in [0.1, 0.15) is 0 Å². The topological polar surface area (TPSA) is 3.24 Å². The second kappa shape index (κ2) is 7.61. The van der Waals surface area contributed by atoms with Crippen LogP contribution in [0.2, 0.25) is 0 Å². The summed E-state index contributed by atoms with van der Waals surface area (Å²) in [5.74, 6) is 0. The highest BCUT2D eigenvalue weighted by Crippen LogP contribution is 2.26. The van der Waals surface area contributed by atoms with Crippen LogP contribution in [-0.4, -0.2) is 24.0 Å². The van der Waals surface area contributed by atoms with Crippen LogP contribution in [0.1, 0.15) is 46.1 Å². The zero-order chi connectivity index (χ0) is 15.2. The monoisotopic (exact) mass is 283 g/mol. The predicted molar refractivity (Wildman–Crippen MR) is 92.5 cm³/mol. The van der Waals surface area contributed by atoms with Gasteiger partial charge in [-0.3, -0.25) is 4.90 Å². The average Bonchev–Trinajstić information content (AvgIpc) is 2.51. The number of nitrogens with zero attached hydrogens (tertiary/aromatic N) is 1.